The lowest BCUT2D eigenvalue weighted by Crippen LogP contribution is -2.27. The summed E-state index contributed by atoms with van der Waals surface area (Å²) in [5.74, 6) is -1.20. The van der Waals surface area contributed by atoms with Crippen molar-refractivity contribution >= 4 is 11.6 Å². The van der Waals surface area contributed by atoms with E-state index in [1.807, 2.05) is 30.3 Å². The third-order valence-electron chi connectivity index (χ3n) is 4.48. The topological polar surface area (TPSA) is 81.8 Å². The molecule has 0 fully saturated rings. The molecule has 0 spiro atoms. The van der Waals surface area contributed by atoms with Crippen LogP contribution in [0.5, 0.6) is 0 Å². The summed E-state index contributed by atoms with van der Waals surface area (Å²) in [6.07, 6.45) is 3.15. The van der Waals surface area contributed by atoms with E-state index in [-0.39, 0.29) is 11.4 Å². The van der Waals surface area contributed by atoms with E-state index in [1.54, 1.807) is 29.9 Å². The molecular weight excluding hydrogens is 385 g/mol. The molecule has 2 aromatic heterocycles. The first kappa shape index (κ1) is 19.3. The van der Waals surface area contributed by atoms with Gasteiger partial charge >= 0.3 is 0 Å². The third kappa shape index (κ3) is 4.02. The second-order valence-corrected chi connectivity index (χ2v) is 6.73. The van der Waals surface area contributed by atoms with Crippen LogP contribution < -0.4 is 10.7 Å². The number of nitrogens with zero attached hydrogens (tertiary/aromatic N) is 4. The molecule has 4 rings (SSSR count). The summed E-state index contributed by atoms with van der Waals surface area (Å²) in [5.41, 5.74) is 1.17. The number of para-hydroxylation sites is 1. The number of anilines is 1. The lowest BCUT2D eigenvalue weighted by atomic mass is 10.2. The average molecular weight is 403 g/mol. The summed E-state index contributed by atoms with van der Waals surface area (Å²) in [4.78, 5) is 25.0. The normalized spacial score (nSPS) is 10.7. The summed E-state index contributed by atoms with van der Waals surface area (Å²) in [5, 5.41) is 10.9. The number of carbonyl (C=O) groups is 1. The zero-order valence-corrected chi connectivity index (χ0v) is 16.1. The molecule has 0 unspecified atom stereocenters. The monoisotopic (exact) mass is 403 g/mol. The van der Waals surface area contributed by atoms with E-state index in [1.165, 1.54) is 29.1 Å². The molecule has 150 valence electrons. The molecule has 0 saturated heterocycles. The number of hydrogen-bond acceptors (Lipinski definition) is 4. The van der Waals surface area contributed by atoms with Gasteiger partial charge in [-0.3, -0.25) is 14.3 Å². The van der Waals surface area contributed by atoms with Gasteiger partial charge in [-0.05, 0) is 24.6 Å². The predicted octanol–water partition coefficient (Wildman–Crippen LogP) is 3.18. The number of halogens is 1. The summed E-state index contributed by atoms with van der Waals surface area (Å²) in [6.45, 7) is 2.16. The Morgan fingerprint density at radius 1 is 1.10 bits per heavy atom. The van der Waals surface area contributed by atoms with Crippen LogP contribution in [0.1, 0.15) is 21.7 Å². The van der Waals surface area contributed by atoms with Crippen molar-refractivity contribution < 1.29 is 9.18 Å². The first-order chi connectivity index (χ1) is 14.5. The predicted molar refractivity (Wildman–Crippen MR) is 110 cm³/mol. The maximum absolute atomic E-state index is 14.2. The van der Waals surface area contributed by atoms with Crippen molar-refractivity contribution in [1.82, 2.24) is 19.6 Å². The van der Waals surface area contributed by atoms with Gasteiger partial charge in [0.15, 0.2) is 5.69 Å². The minimum atomic E-state index is -0.690. The molecule has 7 nitrogen and oxygen atoms in total. The highest BCUT2D eigenvalue weighted by molar-refractivity contribution is 6.02. The first-order valence-corrected chi connectivity index (χ1v) is 9.25. The van der Waals surface area contributed by atoms with Crippen LogP contribution in [0.4, 0.5) is 10.1 Å². The minimum absolute atomic E-state index is 0.153. The van der Waals surface area contributed by atoms with Gasteiger partial charge in [-0.15, -0.1) is 0 Å². The van der Waals surface area contributed by atoms with Gasteiger partial charge in [-0.1, -0.05) is 42.5 Å². The highest BCUT2D eigenvalue weighted by Crippen LogP contribution is 2.14. The standard InChI is InChI=1S/C22H18FN5O2/c1-15-11-20(29)21(26-28(15)19-10-6-5-9-18(19)23)22(30)25-17-12-24-27(14-17)13-16-7-3-2-4-8-16/h2-12,14H,13H2,1H3,(H,25,30). The van der Waals surface area contributed by atoms with E-state index in [2.05, 4.69) is 15.5 Å². The quantitative estimate of drug-likeness (QED) is 0.555. The zero-order chi connectivity index (χ0) is 21.1. The third-order valence-corrected chi connectivity index (χ3v) is 4.48. The Hall–Kier alpha value is -4.07. The van der Waals surface area contributed by atoms with Crippen molar-refractivity contribution in [3.8, 4) is 5.69 Å². The molecule has 0 aliphatic rings. The lowest BCUT2D eigenvalue weighted by Gasteiger charge is -2.11. The van der Waals surface area contributed by atoms with Crippen LogP contribution in [-0.2, 0) is 6.54 Å². The molecule has 0 aliphatic heterocycles. The molecule has 1 amide bonds. The zero-order valence-electron chi connectivity index (χ0n) is 16.1. The molecule has 0 atom stereocenters. The van der Waals surface area contributed by atoms with Gasteiger partial charge in [0.05, 0.1) is 18.4 Å². The highest BCUT2D eigenvalue weighted by atomic mass is 19.1. The number of hydrogen-bond donors (Lipinski definition) is 1. The molecule has 0 bridgehead atoms. The van der Waals surface area contributed by atoms with Gasteiger partial charge in [0.1, 0.15) is 11.5 Å². The number of amides is 1. The molecule has 30 heavy (non-hydrogen) atoms. The van der Waals surface area contributed by atoms with Crippen LogP contribution in [0, 0.1) is 12.7 Å². The summed E-state index contributed by atoms with van der Waals surface area (Å²) in [7, 11) is 0. The number of carbonyl (C=O) groups excluding carboxylic acids is 1. The molecule has 2 heterocycles. The minimum Gasteiger partial charge on any atom is -0.318 e. The smallest absolute Gasteiger partial charge is 0.280 e. The second-order valence-electron chi connectivity index (χ2n) is 6.73. The molecule has 0 saturated carbocycles. The van der Waals surface area contributed by atoms with E-state index in [4.69, 9.17) is 0 Å². The van der Waals surface area contributed by atoms with Crippen LogP contribution in [0.2, 0.25) is 0 Å². The van der Waals surface area contributed by atoms with Crippen LogP contribution in [0.3, 0.4) is 0 Å². The molecule has 1 N–H and O–H groups in total. The van der Waals surface area contributed by atoms with Crippen molar-refractivity contribution in [2.75, 3.05) is 5.32 Å². The van der Waals surface area contributed by atoms with E-state index >= 15 is 0 Å². The highest BCUT2D eigenvalue weighted by Gasteiger charge is 2.17. The Labute approximate surface area is 171 Å². The lowest BCUT2D eigenvalue weighted by molar-refractivity contribution is 0.101. The van der Waals surface area contributed by atoms with Gasteiger partial charge in [-0.2, -0.15) is 10.2 Å². The van der Waals surface area contributed by atoms with Crippen LogP contribution in [0.25, 0.3) is 5.69 Å². The van der Waals surface area contributed by atoms with Crippen LogP contribution in [-0.4, -0.2) is 25.5 Å². The fourth-order valence-corrected chi connectivity index (χ4v) is 3.05. The van der Waals surface area contributed by atoms with E-state index in [0.29, 0.717) is 17.9 Å². The van der Waals surface area contributed by atoms with Crippen LogP contribution >= 0.6 is 0 Å². The number of benzene rings is 2. The fourth-order valence-electron chi connectivity index (χ4n) is 3.05. The van der Waals surface area contributed by atoms with Crippen molar-refractivity contribution in [2.45, 2.75) is 13.5 Å². The fraction of sp³-hybridized carbons (Fsp3) is 0.0909. The van der Waals surface area contributed by atoms with Crippen LogP contribution in [0.15, 0.2) is 77.9 Å². The second kappa shape index (κ2) is 8.12. The Balaban J connectivity index is 1.58. The first-order valence-electron chi connectivity index (χ1n) is 9.25. The van der Waals surface area contributed by atoms with Gasteiger partial charge < -0.3 is 5.32 Å². The van der Waals surface area contributed by atoms with E-state index in [0.717, 1.165) is 5.56 Å². The molecule has 0 aliphatic carbocycles. The van der Waals surface area contributed by atoms with E-state index in [9.17, 15) is 14.0 Å². The van der Waals surface area contributed by atoms with Crippen molar-refractivity contribution in [1.29, 1.82) is 0 Å². The van der Waals surface area contributed by atoms with Crippen molar-refractivity contribution in [2.24, 2.45) is 0 Å². The maximum Gasteiger partial charge on any atom is 0.280 e. The average Bonchev–Trinajstić information content (AvgIpc) is 3.16. The summed E-state index contributed by atoms with van der Waals surface area (Å²) >= 11 is 0. The van der Waals surface area contributed by atoms with Gasteiger partial charge in [-0.25, -0.2) is 9.07 Å². The van der Waals surface area contributed by atoms with Crippen molar-refractivity contribution in [3.05, 3.63) is 106 Å². The Kier molecular flexibility index (Phi) is 5.21. The summed E-state index contributed by atoms with van der Waals surface area (Å²) < 4.78 is 17.1. The van der Waals surface area contributed by atoms with E-state index < -0.39 is 17.2 Å². The Morgan fingerprint density at radius 3 is 2.60 bits per heavy atom. The Bertz CT molecular complexity index is 1260. The molecule has 4 aromatic rings. The van der Waals surface area contributed by atoms with Gasteiger partial charge in [0.25, 0.3) is 5.91 Å². The number of nitrogens with one attached hydrogen (secondary N) is 1. The maximum atomic E-state index is 14.2. The number of aromatic nitrogens is 4. The van der Waals surface area contributed by atoms with Gasteiger partial charge in [0.2, 0.25) is 5.43 Å². The molecule has 2 aromatic carbocycles. The number of rotatable bonds is 5. The number of aryl methyl sites for hydroxylation is 1. The Morgan fingerprint density at radius 2 is 1.83 bits per heavy atom. The summed E-state index contributed by atoms with van der Waals surface area (Å²) in [6, 6.07) is 17.0. The molecular formula is C22H18FN5O2. The van der Waals surface area contributed by atoms with Gasteiger partial charge in [0, 0.05) is 18.0 Å². The largest absolute Gasteiger partial charge is 0.318 e. The van der Waals surface area contributed by atoms with Crippen molar-refractivity contribution in [3.63, 3.8) is 0 Å². The molecule has 0 radical (unpaired) electrons. The SMILES string of the molecule is Cc1cc(=O)c(C(=O)Nc2cnn(Cc3ccccc3)c2)nn1-c1ccccc1F. The molecule has 8 heteroatoms.